The Hall–Kier alpha value is -3.07. The topological polar surface area (TPSA) is 24.8 Å². The zero-order valence-corrected chi connectivity index (χ0v) is 13.7. The molecule has 0 aliphatic heterocycles. The van der Waals surface area contributed by atoms with Crippen LogP contribution in [0, 0.1) is 0 Å². The number of anilines is 2. The summed E-state index contributed by atoms with van der Waals surface area (Å²) in [4.78, 5) is 0. The van der Waals surface area contributed by atoms with Gasteiger partial charge in [-0.3, -0.25) is 0 Å². The highest BCUT2D eigenvalue weighted by Gasteiger charge is 2.06. The number of ether oxygens (including phenoxy) is 1. The largest absolute Gasteiger partial charge is 0.497 e. The number of benzene rings is 3. The monoisotopic (exact) mass is 316 g/mol. The Balaban J connectivity index is 1.78. The highest BCUT2D eigenvalue weighted by molar-refractivity contribution is 5.69. The molecule has 3 heteroatoms. The van der Waals surface area contributed by atoms with Crippen molar-refractivity contribution >= 4 is 17.6 Å². The lowest BCUT2D eigenvalue weighted by molar-refractivity contribution is 0.414. The van der Waals surface area contributed by atoms with E-state index >= 15 is 0 Å². The molecule has 24 heavy (non-hydrogen) atoms. The van der Waals surface area contributed by atoms with E-state index in [4.69, 9.17) is 4.74 Å². The minimum Gasteiger partial charge on any atom is -0.497 e. The molecular weight excluding hydrogens is 296 g/mol. The second-order valence-corrected chi connectivity index (χ2v) is 5.33. The first kappa shape index (κ1) is 15.8. The minimum atomic E-state index is 0.764. The fraction of sp³-hybridized carbons (Fsp3) is 0.0952. The van der Waals surface area contributed by atoms with E-state index < -0.39 is 0 Å². The summed E-state index contributed by atoms with van der Waals surface area (Å²) in [7, 11) is 1.67. The van der Waals surface area contributed by atoms with Gasteiger partial charge in [0.25, 0.3) is 0 Å². The fourth-order valence-electron chi connectivity index (χ4n) is 2.41. The number of hydrogen-bond acceptors (Lipinski definition) is 3. The van der Waals surface area contributed by atoms with Crippen LogP contribution < -0.4 is 9.75 Å². The molecule has 0 fully saturated rings. The van der Waals surface area contributed by atoms with E-state index in [9.17, 15) is 0 Å². The smallest absolute Gasteiger partial charge is 0.118 e. The normalized spacial score (nSPS) is 10.7. The summed E-state index contributed by atoms with van der Waals surface area (Å²) in [5.74, 6) is 0.867. The average Bonchev–Trinajstić information content (AvgIpc) is 2.67. The highest BCUT2D eigenvalue weighted by atomic mass is 16.5. The van der Waals surface area contributed by atoms with E-state index in [1.807, 2.05) is 59.8 Å². The Kier molecular flexibility index (Phi) is 5.25. The molecule has 0 heterocycles. The van der Waals surface area contributed by atoms with Crippen molar-refractivity contribution in [3.05, 3.63) is 90.5 Å². The molecule has 3 rings (SSSR count). The molecule has 0 aromatic heterocycles. The van der Waals surface area contributed by atoms with Crippen molar-refractivity contribution in [1.82, 2.24) is 0 Å². The van der Waals surface area contributed by atoms with Crippen LogP contribution in [0.2, 0.25) is 0 Å². The third-order valence-electron chi connectivity index (χ3n) is 3.68. The van der Waals surface area contributed by atoms with Crippen LogP contribution in [0.1, 0.15) is 5.56 Å². The molecule has 3 aromatic rings. The van der Waals surface area contributed by atoms with Crippen LogP contribution in [-0.4, -0.2) is 13.3 Å². The summed E-state index contributed by atoms with van der Waals surface area (Å²) < 4.78 is 5.19. The SMILES string of the molecule is COc1ccc(C/C=N/N(c2ccccc2)c2ccccc2)cc1. The van der Waals surface area contributed by atoms with Gasteiger partial charge in [0.1, 0.15) is 5.75 Å². The first-order chi connectivity index (χ1) is 11.9. The highest BCUT2D eigenvalue weighted by Crippen LogP contribution is 2.25. The van der Waals surface area contributed by atoms with E-state index in [0.717, 1.165) is 23.5 Å². The molecule has 0 bridgehead atoms. The molecule has 3 nitrogen and oxygen atoms in total. The average molecular weight is 316 g/mol. The van der Waals surface area contributed by atoms with Crippen LogP contribution in [-0.2, 0) is 6.42 Å². The lowest BCUT2D eigenvalue weighted by Gasteiger charge is -2.19. The zero-order chi connectivity index (χ0) is 16.6. The predicted octanol–water partition coefficient (Wildman–Crippen LogP) is 5.06. The van der Waals surface area contributed by atoms with Gasteiger partial charge in [0.2, 0.25) is 0 Å². The maximum atomic E-state index is 5.19. The van der Waals surface area contributed by atoms with Gasteiger partial charge in [-0.15, -0.1) is 0 Å². The van der Waals surface area contributed by atoms with E-state index in [-0.39, 0.29) is 0 Å². The van der Waals surface area contributed by atoms with Crippen molar-refractivity contribution in [1.29, 1.82) is 0 Å². The molecule has 0 amide bonds. The summed E-state index contributed by atoms with van der Waals surface area (Å²) in [5.41, 5.74) is 3.27. The van der Waals surface area contributed by atoms with Crippen LogP contribution in [0.25, 0.3) is 0 Å². The van der Waals surface area contributed by atoms with Crippen LogP contribution in [0.3, 0.4) is 0 Å². The molecular formula is C21H20N2O. The number of para-hydroxylation sites is 2. The lowest BCUT2D eigenvalue weighted by Crippen LogP contribution is -2.09. The van der Waals surface area contributed by atoms with Crippen LogP contribution >= 0.6 is 0 Å². The second kappa shape index (κ2) is 7.97. The van der Waals surface area contributed by atoms with Gasteiger partial charge >= 0.3 is 0 Å². The summed E-state index contributed by atoms with van der Waals surface area (Å²) in [6, 6.07) is 28.3. The third kappa shape index (κ3) is 4.02. The first-order valence-corrected chi connectivity index (χ1v) is 7.92. The fourth-order valence-corrected chi connectivity index (χ4v) is 2.41. The summed E-state index contributed by atoms with van der Waals surface area (Å²) in [5, 5.41) is 6.63. The zero-order valence-electron chi connectivity index (χ0n) is 13.7. The lowest BCUT2D eigenvalue weighted by atomic mass is 10.1. The molecule has 0 N–H and O–H groups in total. The Bertz CT molecular complexity index is 728. The van der Waals surface area contributed by atoms with E-state index in [1.54, 1.807) is 7.11 Å². The van der Waals surface area contributed by atoms with Crippen LogP contribution in [0.15, 0.2) is 90.0 Å². The van der Waals surface area contributed by atoms with Gasteiger partial charge in [0.05, 0.1) is 18.5 Å². The molecule has 0 saturated carbocycles. The number of methoxy groups -OCH3 is 1. The molecule has 0 spiro atoms. The molecule has 0 saturated heterocycles. The first-order valence-electron chi connectivity index (χ1n) is 7.92. The van der Waals surface area contributed by atoms with Gasteiger partial charge in [-0.1, -0.05) is 48.5 Å². The Morgan fingerprint density at radius 1 is 0.792 bits per heavy atom. The van der Waals surface area contributed by atoms with Gasteiger partial charge in [-0.2, -0.15) is 5.10 Å². The van der Waals surface area contributed by atoms with Crippen molar-refractivity contribution in [3.8, 4) is 5.75 Å². The predicted molar refractivity (Wildman–Crippen MR) is 100 cm³/mol. The van der Waals surface area contributed by atoms with Gasteiger partial charge < -0.3 is 4.74 Å². The summed E-state index contributed by atoms with van der Waals surface area (Å²) >= 11 is 0. The number of rotatable bonds is 6. The summed E-state index contributed by atoms with van der Waals surface area (Å²) in [6.45, 7) is 0. The molecule has 3 aromatic carbocycles. The molecule has 0 aliphatic rings. The van der Waals surface area contributed by atoms with Crippen molar-refractivity contribution in [3.63, 3.8) is 0 Å². The van der Waals surface area contributed by atoms with E-state index in [0.29, 0.717) is 0 Å². The van der Waals surface area contributed by atoms with Crippen molar-refractivity contribution in [2.24, 2.45) is 5.10 Å². The van der Waals surface area contributed by atoms with Crippen LogP contribution in [0.5, 0.6) is 5.75 Å². The summed E-state index contributed by atoms with van der Waals surface area (Å²) in [6.07, 6.45) is 2.70. The number of nitrogens with zero attached hydrogens (tertiary/aromatic N) is 2. The van der Waals surface area contributed by atoms with E-state index in [1.165, 1.54) is 5.56 Å². The molecule has 120 valence electrons. The Morgan fingerprint density at radius 2 is 1.33 bits per heavy atom. The third-order valence-corrected chi connectivity index (χ3v) is 3.68. The van der Waals surface area contributed by atoms with Crippen molar-refractivity contribution in [2.75, 3.05) is 12.1 Å². The Labute approximate surface area is 142 Å². The maximum absolute atomic E-state index is 5.19. The van der Waals surface area contributed by atoms with Crippen molar-refractivity contribution in [2.45, 2.75) is 6.42 Å². The maximum Gasteiger partial charge on any atom is 0.118 e. The van der Waals surface area contributed by atoms with Gasteiger partial charge in [0, 0.05) is 12.6 Å². The minimum absolute atomic E-state index is 0.764. The number of hydrazone groups is 1. The molecule has 0 radical (unpaired) electrons. The molecule has 0 aliphatic carbocycles. The van der Waals surface area contributed by atoms with Crippen LogP contribution in [0.4, 0.5) is 11.4 Å². The van der Waals surface area contributed by atoms with Gasteiger partial charge in [0.15, 0.2) is 0 Å². The van der Waals surface area contributed by atoms with Crippen molar-refractivity contribution < 1.29 is 4.74 Å². The number of hydrogen-bond donors (Lipinski definition) is 0. The molecule has 0 unspecified atom stereocenters. The second-order valence-electron chi connectivity index (χ2n) is 5.33. The van der Waals surface area contributed by atoms with E-state index in [2.05, 4.69) is 41.5 Å². The Morgan fingerprint density at radius 3 is 1.83 bits per heavy atom. The standard InChI is InChI=1S/C21H20N2O/c1-24-21-14-12-18(13-15-21)16-17-22-23(19-8-4-2-5-9-19)20-10-6-3-7-11-20/h2-15,17H,16H2,1H3/b22-17+. The quantitative estimate of drug-likeness (QED) is 0.469. The molecule has 0 atom stereocenters. The van der Waals surface area contributed by atoms with Gasteiger partial charge in [-0.25, -0.2) is 5.01 Å². The van der Waals surface area contributed by atoms with Gasteiger partial charge in [-0.05, 0) is 42.0 Å².